The first-order valence-electron chi connectivity index (χ1n) is 5.61. The molecule has 0 amide bonds. The zero-order chi connectivity index (χ0) is 12.8. The van der Waals surface area contributed by atoms with Crippen LogP contribution >= 0.6 is 12.2 Å². The van der Waals surface area contributed by atoms with Crippen molar-refractivity contribution in [3.8, 4) is 5.75 Å². The Bertz CT molecular complexity index is 513. The molecule has 0 spiro atoms. The van der Waals surface area contributed by atoms with Crippen LogP contribution in [0.1, 0.15) is 12.0 Å². The van der Waals surface area contributed by atoms with Gasteiger partial charge in [-0.3, -0.25) is 4.68 Å². The second-order valence-corrected chi connectivity index (χ2v) is 4.19. The van der Waals surface area contributed by atoms with Gasteiger partial charge in [-0.15, -0.1) is 0 Å². The Balaban J connectivity index is 1.79. The first-order valence-corrected chi connectivity index (χ1v) is 6.01. The van der Waals surface area contributed by atoms with Gasteiger partial charge in [0, 0.05) is 18.5 Å². The number of hydrogen-bond donors (Lipinski definition) is 1. The summed E-state index contributed by atoms with van der Waals surface area (Å²) in [6.07, 6.45) is 4.07. The fraction of sp³-hybridized carbons (Fsp3) is 0.250. The summed E-state index contributed by atoms with van der Waals surface area (Å²) >= 11 is 4.91. The van der Waals surface area contributed by atoms with Crippen LogP contribution in [0.4, 0.5) is 0 Å². The number of rotatable bonds is 6. The number of nitrogens with two attached hydrogens (primary N) is 1. The Morgan fingerprint density at radius 2 is 2.33 bits per heavy atom. The quantitative estimate of drug-likeness (QED) is 0.629. The summed E-state index contributed by atoms with van der Waals surface area (Å²) in [5, 5.41) is 4.01. The van der Waals surface area contributed by atoms with Crippen molar-refractivity contribution >= 4 is 17.2 Å². The molecule has 1 aromatic heterocycles. The van der Waals surface area contributed by atoms with Crippen molar-refractivity contribution < 1.29 is 4.74 Å². The molecule has 6 heteroatoms. The van der Waals surface area contributed by atoms with Crippen molar-refractivity contribution in [3.05, 3.63) is 42.5 Å². The summed E-state index contributed by atoms with van der Waals surface area (Å²) in [6, 6.07) is 7.47. The minimum absolute atomic E-state index is 0.378. The predicted octanol–water partition coefficient (Wildman–Crippen LogP) is 1.38. The van der Waals surface area contributed by atoms with Gasteiger partial charge in [0.25, 0.3) is 0 Å². The van der Waals surface area contributed by atoms with Crippen molar-refractivity contribution in [1.82, 2.24) is 14.8 Å². The predicted molar refractivity (Wildman–Crippen MR) is 72.5 cm³/mol. The lowest BCUT2D eigenvalue weighted by molar-refractivity contribution is 0.298. The van der Waals surface area contributed by atoms with E-state index in [9.17, 15) is 0 Å². The zero-order valence-electron chi connectivity index (χ0n) is 9.82. The number of benzene rings is 1. The molecule has 94 valence electrons. The van der Waals surface area contributed by atoms with Crippen LogP contribution in [-0.2, 0) is 6.54 Å². The molecule has 0 aliphatic rings. The SMILES string of the molecule is NC(=S)c1cccc(OCCCn2cncn2)c1. The molecule has 18 heavy (non-hydrogen) atoms. The van der Waals surface area contributed by atoms with E-state index in [1.54, 1.807) is 11.0 Å². The molecule has 5 nitrogen and oxygen atoms in total. The van der Waals surface area contributed by atoms with E-state index in [0.717, 1.165) is 24.3 Å². The van der Waals surface area contributed by atoms with Crippen LogP contribution in [0.5, 0.6) is 5.75 Å². The Morgan fingerprint density at radius 1 is 1.44 bits per heavy atom. The van der Waals surface area contributed by atoms with Crippen molar-refractivity contribution in [1.29, 1.82) is 0 Å². The van der Waals surface area contributed by atoms with Crippen LogP contribution in [0, 0.1) is 0 Å². The van der Waals surface area contributed by atoms with Crippen molar-refractivity contribution in [2.45, 2.75) is 13.0 Å². The monoisotopic (exact) mass is 262 g/mol. The highest BCUT2D eigenvalue weighted by atomic mass is 32.1. The lowest BCUT2D eigenvalue weighted by Crippen LogP contribution is -2.09. The molecule has 0 bridgehead atoms. The van der Waals surface area contributed by atoms with Gasteiger partial charge < -0.3 is 10.5 Å². The van der Waals surface area contributed by atoms with Crippen molar-refractivity contribution in [2.75, 3.05) is 6.61 Å². The molecular formula is C12H14N4OS. The molecule has 0 saturated heterocycles. The summed E-state index contributed by atoms with van der Waals surface area (Å²) in [6.45, 7) is 1.40. The van der Waals surface area contributed by atoms with Gasteiger partial charge >= 0.3 is 0 Å². The molecule has 0 saturated carbocycles. The smallest absolute Gasteiger partial charge is 0.137 e. The van der Waals surface area contributed by atoms with Gasteiger partial charge in [-0.25, -0.2) is 4.98 Å². The summed E-state index contributed by atoms with van der Waals surface area (Å²) in [5.74, 6) is 0.777. The molecule has 0 fully saturated rings. The standard InChI is InChI=1S/C12H14N4OS/c13-12(18)10-3-1-4-11(7-10)17-6-2-5-16-9-14-8-15-16/h1,3-4,7-9H,2,5-6H2,(H2,13,18). The molecule has 0 atom stereocenters. The summed E-state index contributed by atoms with van der Waals surface area (Å²) < 4.78 is 7.39. The molecule has 1 heterocycles. The Morgan fingerprint density at radius 3 is 3.06 bits per heavy atom. The number of nitrogens with zero attached hydrogens (tertiary/aromatic N) is 3. The number of thiocarbonyl (C=S) groups is 1. The van der Waals surface area contributed by atoms with Crippen molar-refractivity contribution in [3.63, 3.8) is 0 Å². The van der Waals surface area contributed by atoms with E-state index in [2.05, 4.69) is 10.1 Å². The van der Waals surface area contributed by atoms with Gasteiger partial charge in [0.05, 0.1) is 6.61 Å². The molecule has 2 N–H and O–H groups in total. The van der Waals surface area contributed by atoms with E-state index in [-0.39, 0.29) is 0 Å². The van der Waals surface area contributed by atoms with E-state index in [0.29, 0.717) is 11.6 Å². The largest absolute Gasteiger partial charge is 0.494 e. The number of aryl methyl sites for hydroxylation is 1. The van der Waals surface area contributed by atoms with Gasteiger partial charge in [0.1, 0.15) is 23.4 Å². The Hall–Kier alpha value is -1.95. The van der Waals surface area contributed by atoms with E-state index < -0.39 is 0 Å². The molecular weight excluding hydrogens is 248 g/mol. The third-order valence-corrected chi connectivity index (χ3v) is 2.62. The van der Waals surface area contributed by atoms with Crippen LogP contribution in [0.2, 0.25) is 0 Å². The van der Waals surface area contributed by atoms with Crippen LogP contribution < -0.4 is 10.5 Å². The van der Waals surface area contributed by atoms with E-state index in [1.807, 2.05) is 24.3 Å². The maximum absolute atomic E-state index is 5.62. The number of ether oxygens (including phenoxy) is 1. The molecule has 1 aromatic carbocycles. The van der Waals surface area contributed by atoms with Crippen LogP contribution in [0.15, 0.2) is 36.9 Å². The third-order valence-electron chi connectivity index (χ3n) is 2.39. The maximum Gasteiger partial charge on any atom is 0.137 e. The normalized spacial score (nSPS) is 10.2. The van der Waals surface area contributed by atoms with Gasteiger partial charge in [-0.1, -0.05) is 24.4 Å². The molecule has 0 aliphatic carbocycles. The number of hydrogen-bond acceptors (Lipinski definition) is 4. The lowest BCUT2D eigenvalue weighted by atomic mass is 10.2. The molecule has 0 radical (unpaired) electrons. The summed E-state index contributed by atoms with van der Waals surface area (Å²) in [5.41, 5.74) is 6.38. The van der Waals surface area contributed by atoms with Crippen LogP contribution in [0.25, 0.3) is 0 Å². The minimum atomic E-state index is 0.378. The topological polar surface area (TPSA) is 66.0 Å². The van der Waals surface area contributed by atoms with E-state index in [1.165, 1.54) is 6.33 Å². The lowest BCUT2D eigenvalue weighted by Gasteiger charge is -2.07. The summed E-state index contributed by atoms with van der Waals surface area (Å²) in [7, 11) is 0. The Kier molecular flexibility index (Phi) is 4.25. The first-order chi connectivity index (χ1) is 8.75. The average Bonchev–Trinajstić information content (AvgIpc) is 2.88. The minimum Gasteiger partial charge on any atom is -0.494 e. The van der Waals surface area contributed by atoms with Gasteiger partial charge in [0.2, 0.25) is 0 Å². The number of aromatic nitrogens is 3. The van der Waals surface area contributed by atoms with Gasteiger partial charge in [-0.05, 0) is 12.1 Å². The highest BCUT2D eigenvalue weighted by molar-refractivity contribution is 7.80. The first kappa shape index (κ1) is 12.5. The van der Waals surface area contributed by atoms with Gasteiger partial charge in [0.15, 0.2) is 0 Å². The van der Waals surface area contributed by atoms with Crippen molar-refractivity contribution in [2.24, 2.45) is 5.73 Å². The third kappa shape index (κ3) is 3.53. The zero-order valence-corrected chi connectivity index (χ0v) is 10.6. The fourth-order valence-electron chi connectivity index (χ4n) is 1.50. The highest BCUT2D eigenvalue weighted by Gasteiger charge is 1.99. The fourth-order valence-corrected chi connectivity index (χ4v) is 1.63. The molecule has 0 aliphatic heterocycles. The Labute approximate surface area is 111 Å². The van der Waals surface area contributed by atoms with Crippen LogP contribution in [0.3, 0.4) is 0 Å². The van der Waals surface area contributed by atoms with Gasteiger partial charge in [-0.2, -0.15) is 5.10 Å². The molecule has 2 rings (SSSR count). The van der Waals surface area contributed by atoms with E-state index >= 15 is 0 Å². The molecule has 2 aromatic rings. The van der Waals surface area contributed by atoms with Crippen LogP contribution in [-0.4, -0.2) is 26.4 Å². The highest BCUT2D eigenvalue weighted by Crippen LogP contribution is 2.13. The molecule has 0 unspecified atom stereocenters. The average molecular weight is 262 g/mol. The maximum atomic E-state index is 5.62. The second-order valence-electron chi connectivity index (χ2n) is 3.75. The van der Waals surface area contributed by atoms with E-state index in [4.69, 9.17) is 22.7 Å². The second kappa shape index (κ2) is 6.11. The summed E-state index contributed by atoms with van der Waals surface area (Å²) in [4.78, 5) is 4.25.